The molecule has 0 radical (unpaired) electrons. The third-order valence-corrected chi connectivity index (χ3v) is 3.75. The molecule has 0 amide bonds. The first-order valence-corrected chi connectivity index (χ1v) is 7.76. The molecule has 0 fully saturated rings. The van der Waals surface area contributed by atoms with Crippen molar-refractivity contribution in [3.8, 4) is 0 Å². The van der Waals surface area contributed by atoms with Crippen LogP contribution in [0.15, 0.2) is 34.7 Å². The summed E-state index contributed by atoms with van der Waals surface area (Å²) in [6.45, 7) is 4.84. The minimum Gasteiger partial charge on any atom is -0.383 e. The van der Waals surface area contributed by atoms with Gasteiger partial charge in [-0.3, -0.25) is 5.43 Å². The van der Waals surface area contributed by atoms with Crippen LogP contribution in [0.4, 0.5) is 10.9 Å². The van der Waals surface area contributed by atoms with Crippen molar-refractivity contribution in [1.82, 2.24) is 4.98 Å². The molecular weight excluding hydrogens is 284 g/mol. The van der Waals surface area contributed by atoms with E-state index in [9.17, 15) is 0 Å². The van der Waals surface area contributed by atoms with Crippen molar-refractivity contribution >= 4 is 28.5 Å². The van der Waals surface area contributed by atoms with Crippen LogP contribution in [0.1, 0.15) is 31.4 Å². The number of hydrogen-bond acceptors (Lipinski definition) is 6. The molecule has 21 heavy (non-hydrogen) atoms. The number of nitrogens with two attached hydrogens (primary N) is 1. The lowest BCUT2D eigenvalue weighted by Gasteiger charge is -2.10. The van der Waals surface area contributed by atoms with Crippen LogP contribution in [0.5, 0.6) is 0 Å². The van der Waals surface area contributed by atoms with Crippen LogP contribution in [0, 0.1) is 0 Å². The van der Waals surface area contributed by atoms with E-state index in [-0.39, 0.29) is 0 Å². The number of anilines is 2. The van der Waals surface area contributed by atoms with Gasteiger partial charge in [0, 0.05) is 5.38 Å². The fourth-order valence-electron chi connectivity index (χ4n) is 1.56. The molecule has 112 valence electrons. The normalized spacial score (nSPS) is 12.7. The van der Waals surface area contributed by atoms with Gasteiger partial charge in [-0.25, -0.2) is 4.98 Å². The van der Waals surface area contributed by atoms with E-state index in [0.717, 1.165) is 17.5 Å². The first kappa shape index (κ1) is 15.5. The Hall–Kier alpha value is -1.92. The number of ether oxygens (including phenoxy) is 1. The van der Waals surface area contributed by atoms with Gasteiger partial charge in [-0.1, -0.05) is 31.2 Å². The van der Waals surface area contributed by atoms with Crippen LogP contribution in [-0.2, 0) is 11.3 Å². The molecule has 0 aliphatic heterocycles. The van der Waals surface area contributed by atoms with E-state index in [4.69, 9.17) is 10.5 Å². The van der Waals surface area contributed by atoms with Crippen LogP contribution >= 0.6 is 11.3 Å². The fourth-order valence-corrected chi connectivity index (χ4v) is 2.10. The monoisotopic (exact) mass is 304 g/mol. The van der Waals surface area contributed by atoms with Gasteiger partial charge in [0.25, 0.3) is 0 Å². The van der Waals surface area contributed by atoms with E-state index in [1.807, 2.05) is 24.3 Å². The quantitative estimate of drug-likeness (QED) is 0.606. The van der Waals surface area contributed by atoms with Crippen LogP contribution in [-0.4, -0.2) is 17.3 Å². The molecule has 0 bridgehead atoms. The molecule has 0 aliphatic rings. The van der Waals surface area contributed by atoms with Crippen LogP contribution in [0.3, 0.4) is 0 Å². The predicted molar refractivity (Wildman–Crippen MR) is 88.7 cm³/mol. The zero-order valence-corrected chi connectivity index (χ0v) is 13.1. The molecule has 5 nitrogen and oxygen atoms in total. The Labute approximate surface area is 128 Å². The Kier molecular flexibility index (Phi) is 5.71. The summed E-state index contributed by atoms with van der Waals surface area (Å²) in [5, 5.41) is 6.58. The van der Waals surface area contributed by atoms with E-state index in [1.165, 1.54) is 11.3 Å². The largest absolute Gasteiger partial charge is 0.383 e. The number of nitrogens with one attached hydrogen (secondary N) is 1. The predicted octanol–water partition coefficient (Wildman–Crippen LogP) is 3.49. The van der Waals surface area contributed by atoms with Gasteiger partial charge in [-0.2, -0.15) is 5.10 Å². The molecule has 1 heterocycles. The summed E-state index contributed by atoms with van der Waals surface area (Å²) >= 11 is 1.42. The molecule has 1 unspecified atom stereocenters. The van der Waals surface area contributed by atoms with Crippen molar-refractivity contribution in [2.45, 2.75) is 33.0 Å². The Morgan fingerprint density at radius 3 is 2.81 bits per heavy atom. The average molecular weight is 304 g/mol. The van der Waals surface area contributed by atoms with Crippen molar-refractivity contribution in [1.29, 1.82) is 0 Å². The van der Waals surface area contributed by atoms with Gasteiger partial charge in [0.2, 0.25) is 5.13 Å². The zero-order valence-electron chi connectivity index (χ0n) is 12.2. The minimum atomic E-state index is 0.293. The smallest absolute Gasteiger partial charge is 0.205 e. The first-order valence-electron chi connectivity index (χ1n) is 6.88. The lowest BCUT2D eigenvalue weighted by molar-refractivity contribution is 0.0508. The molecule has 1 aromatic carbocycles. The lowest BCUT2D eigenvalue weighted by atomic mass is 10.1. The highest BCUT2D eigenvalue weighted by molar-refractivity contribution is 7.14. The second-order valence-electron chi connectivity index (χ2n) is 4.72. The molecular formula is C15H20N4OS. The summed E-state index contributed by atoms with van der Waals surface area (Å²) in [5.41, 5.74) is 10.6. The summed E-state index contributed by atoms with van der Waals surface area (Å²) in [6.07, 6.45) is 3.07. The van der Waals surface area contributed by atoms with Crippen LogP contribution in [0.25, 0.3) is 0 Å². The van der Waals surface area contributed by atoms with E-state index >= 15 is 0 Å². The number of hydrazone groups is 1. The number of hydrogen-bond donors (Lipinski definition) is 2. The molecule has 0 spiro atoms. The Bertz CT molecular complexity index is 580. The third kappa shape index (κ3) is 5.17. The molecule has 3 N–H and O–H groups in total. The molecule has 2 rings (SSSR count). The highest BCUT2D eigenvalue weighted by Crippen LogP contribution is 2.16. The van der Waals surface area contributed by atoms with E-state index in [2.05, 4.69) is 29.4 Å². The number of nitrogen functional groups attached to an aromatic ring is 1. The molecule has 1 aromatic heterocycles. The Balaban J connectivity index is 1.84. The van der Waals surface area contributed by atoms with Gasteiger partial charge in [-0.15, -0.1) is 11.3 Å². The standard InChI is InChI=1S/C15H20N4OS/c1-3-11(2)20-9-13-6-4-12(5-7-13)8-17-19-15-18-14(16)10-21-15/h4-8,10-11H,3,9,16H2,1-2H3,(H,18,19). The van der Waals surface area contributed by atoms with Gasteiger partial charge in [0.05, 0.1) is 18.9 Å². The lowest BCUT2D eigenvalue weighted by Crippen LogP contribution is -2.05. The summed E-state index contributed by atoms with van der Waals surface area (Å²) in [7, 11) is 0. The number of aromatic nitrogens is 1. The minimum absolute atomic E-state index is 0.293. The van der Waals surface area contributed by atoms with Crippen LogP contribution < -0.4 is 11.2 Å². The van der Waals surface area contributed by atoms with Gasteiger partial charge in [-0.05, 0) is 24.5 Å². The second kappa shape index (κ2) is 7.75. The topological polar surface area (TPSA) is 72.5 Å². The highest BCUT2D eigenvalue weighted by Gasteiger charge is 1.99. The zero-order chi connectivity index (χ0) is 15.1. The van der Waals surface area contributed by atoms with Crippen LogP contribution in [0.2, 0.25) is 0 Å². The average Bonchev–Trinajstić information content (AvgIpc) is 2.91. The summed E-state index contributed by atoms with van der Waals surface area (Å²) in [6, 6.07) is 8.11. The number of rotatable bonds is 7. The maximum absolute atomic E-state index is 5.69. The molecule has 6 heteroatoms. The Morgan fingerprint density at radius 1 is 1.43 bits per heavy atom. The first-order chi connectivity index (χ1) is 10.2. The summed E-state index contributed by atoms with van der Waals surface area (Å²) < 4.78 is 5.69. The van der Waals surface area contributed by atoms with Crippen molar-refractivity contribution in [2.24, 2.45) is 5.10 Å². The molecule has 0 saturated heterocycles. The van der Waals surface area contributed by atoms with Gasteiger partial charge in [0.1, 0.15) is 5.82 Å². The van der Waals surface area contributed by atoms with E-state index < -0.39 is 0 Å². The summed E-state index contributed by atoms with van der Waals surface area (Å²) in [5.74, 6) is 0.503. The SMILES string of the molecule is CCC(C)OCc1ccc(C=NNc2nc(N)cs2)cc1. The highest BCUT2D eigenvalue weighted by atomic mass is 32.1. The second-order valence-corrected chi connectivity index (χ2v) is 5.58. The molecule has 0 aliphatic carbocycles. The maximum Gasteiger partial charge on any atom is 0.205 e. The van der Waals surface area contributed by atoms with Crippen molar-refractivity contribution < 1.29 is 4.74 Å². The van der Waals surface area contributed by atoms with Crippen molar-refractivity contribution in [3.05, 3.63) is 40.8 Å². The van der Waals surface area contributed by atoms with Gasteiger partial charge in [0.15, 0.2) is 0 Å². The van der Waals surface area contributed by atoms with E-state index in [0.29, 0.717) is 23.7 Å². The number of nitrogens with zero attached hydrogens (tertiary/aromatic N) is 2. The molecule has 0 saturated carbocycles. The number of thiazole rings is 1. The van der Waals surface area contributed by atoms with Gasteiger partial charge < -0.3 is 10.5 Å². The molecule has 1 atom stereocenters. The number of benzene rings is 1. The summed E-state index contributed by atoms with van der Waals surface area (Å²) in [4.78, 5) is 4.06. The van der Waals surface area contributed by atoms with Gasteiger partial charge >= 0.3 is 0 Å². The maximum atomic E-state index is 5.69. The van der Waals surface area contributed by atoms with E-state index in [1.54, 1.807) is 11.6 Å². The third-order valence-electron chi connectivity index (χ3n) is 2.98. The fraction of sp³-hybridized carbons (Fsp3) is 0.333. The molecule has 2 aromatic rings. The van der Waals surface area contributed by atoms with Crippen molar-refractivity contribution in [3.63, 3.8) is 0 Å². The van der Waals surface area contributed by atoms with Crippen molar-refractivity contribution in [2.75, 3.05) is 11.2 Å². The Morgan fingerprint density at radius 2 is 2.19 bits per heavy atom.